The number of ether oxygens (including phenoxy) is 1. The van der Waals surface area contributed by atoms with Gasteiger partial charge in [-0.2, -0.15) is 13.2 Å². The summed E-state index contributed by atoms with van der Waals surface area (Å²) in [5, 5.41) is 17.4. The molecule has 3 aromatic rings. The van der Waals surface area contributed by atoms with Crippen molar-refractivity contribution < 1.29 is 32.2 Å². The average molecular weight is 476 g/mol. The first-order valence-corrected chi connectivity index (χ1v) is 10.6. The Kier molecular flexibility index (Phi) is 5.72. The van der Waals surface area contributed by atoms with Crippen molar-refractivity contribution in [2.45, 2.75) is 43.5 Å². The molecule has 0 saturated carbocycles. The Balaban J connectivity index is 1.78. The van der Waals surface area contributed by atoms with Crippen LogP contribution in [0.2, 0.25) is 0 Å². The van der Waals surface area contributed by atoms with Crippen LogP contribution in [0.4, 0.5) is 28.0 Å². The summed E-state index contributed by atoms with van der Waals surface area (Å²) in [4.78, 5) is 12.9. The minimum absolute atomic E-state index is 0.0672. The number of amides is 2. The number of aliphatic hydroxyl groups is 1. The summed E-state index contributed by atoms with van der Waals surface area (Å²) in [7, 11) is 1.22. The van der Waals surface area contributed by atoms with Gasteiger partial charge in [-0.1, -0.05) is 56.3 Å². The predicted octanol–water partition coefficient (Wildman–Crippen LogP) is 5.83. The minimum Gasteiger partial charge on any atom is -0.493 e. The second-order valence-electron chi connectivity index (χ2n) is 9.09. The van der Waals surface area contributed by atoms with E-state index in [0.29, 0.717) is 11.1 Å². The van der Waals surface area contributed by atoms with Crippen LogP contribution >= 0.6 is 0 Å². The molecule has 0 aliphatic heterocycles. The number of benzene rings is 3. The Morgan fingerprint density at radius 3 is 2.44 bits per heavy atom. The number of carbonyl (C=O) groups is 1. The third-order valence-corrected chi connectivity index (χ3v) is 6.33. The Bertz CT molecular complexity index is 1250. The van der Waals surface area contributed by atoms with E-state index in [1.54, 1.807) is 24.3 Å². The van der Waals surface area contributed by atoms with Crippen LogP contribution in [0.3, 0.4) is 0 Å². The number of urea groups is 1. The van der Waals surface area contributed by atoms with Crippen LogP contribution in [0.5, 0.6) is 5.75 Å². The van der Waals surface area contributed by atoms with Crippen molar-refractivity contribution in [3.63, 3.8) is 0 Å². The first kappa shape index (κ1) is 23.8. The molecule has 0 spiro atoms. The molecule has 0 bridgehead atoms. The summed E-state index contributed by atoms with van der Waals surface area (Å²) in [5.41, 5.74) is -4.12. The fourth-order valence-electron chi connectivity index (χ4n) is 4.92. The van der Waals surface area contributed by atoms with E-state index in [1.165, 1.54) is 21.0 Å². The average Bonchev–Trinajstić information content (AvgIpc) is 2.76. The molecule has 34 heavy (non-hydrogen) atoms. The van der Waals surface area contributed by atoms with E-state index >= 15 is 0 Å². The van der Waals surface area contributed by atoms with Crippen LogP contribution in [0.25, 0.3) is 10.8 Å². The molecular weight excluding hydrogens is 452 g/mol. The molecule has 9 heteroatoms. The van der Waals surface area contributed by atoms with Crippen LogP contribution in [-0.4, -0.2) is 30.0 Å². The van der Waals surface area contributed by atoms with E-state index in [4.69, 9.17) is 4.74 Å². The maximum Gasteiger partial charge on any atom is 0.419 e. The molecule has 5 nitrogen and oxygen atoms in total. The van der Waals surface area contributed by atoms with Gasteiger partial charge in [0.05, 0.1) is 18.8 Å². The molecule has 0 radical (unpaired) electrons. The fraction of sp³-hybridized carbons (Fsp3) is 0.320. The summed E-state index contributed by atoms with van der Waals surface area (Å²) < 4.78 is 62.3. The van der Waals surface area contributed by atoms with Gasteiger partial charge in [0.1, 0.15) is 0 Å². The first-order chi connectivity index (χ1) is 15.9. The first-order valence-electron chi connectivity index (χ1n) is 10.6. The smallest absolute Gasteiger partial charge is 0.419 e. The Labute approximate surface area is 193 Å². The normalized spacial score (nSPS) is 21.6. The number of methoxy groups -OCH3 is 1. The zero-order valence-electron chi connectivity index (χ0n) is 18.8. The van der Waals surface area contributed by atoms with Gasteiger partial charge in [-0.05, 0) is 34.9 Å². The molecule has 1 aliphatic rings. The van der Waals surface area contributed by atoms with Crippen LogP contribution in [0, 0.1) is 5.82 Å². The zero-order chi connectivity index (χ0) is 24.9. The van der Waals surface area contributed by atoms with Gasteiger partial charge in [-0.3, -0.25) is 0 Å². The lowest BCUT2D eigenvalue weighted by atomic mass is 9.63. The van der Waals surface area contributed by atoms with Crippen LogP contribution in [-0.2, 0) is 5.41 Å². The van der Waals surface area contributed by atoms with Gasteiger partial charge in [0, 0.05) is 10.9 Å². The van der Waals surface area contributed by atoms with Gasteiger partial charge >= 0.3 is 12.2 Å². The van der Waals surface area contributed by atoms with E-state index < -0.39 is 41.5 Å². The Hall–Kier alpha value is -3.33. The van der Waals surface area contributed by atoms with E-state index in [2.05, 4.69) is 10.6 Å². The minimum atomic E-state index is -5.08. The van der Waals surface area contributed by atoms with Crippen molar-refractivity contribution in [3.05, 3.63) is 71.5 Å². The molecular formula is C25H24F4N2O3. The highest BCUT2D eigenvalue weighted by atomic mass is 19.4. The lowest BCUT2D eigenvalue weighted by molar-refractivity contribution is -0.280. The maximum atomic E-state index is 14.5. The zero-order valence-corrected chi connectivity index (χ0v) is 18.8. The second-order valence-corrected chi connectivity index (χ2v) is 9.09. The number of rotatable bonds is 3. The molecule has 180 valence electrons. The molecule has 3 aromatic carbocycles. The number of fused-ring (bicyclic) bond motifs is 2. The SMILES string of the molecule is COc1c(F)ccc2c1C(C)(C)C[C@@](O)(C(F)(F)F)[C@H]2NC(=O)Nc1cccc2ccccc12. The van der Waals surface area contributed by atoms with Gasteiger partial charge in [-0.15, -0.1) is 0 Å². The molecule has 1 aliphatic carbocycles. The monoisotopic (exact) mass is 476 g/mol. The van der Waals surface area contributed by atoms with Crippen molar-refractivity contribution in [1.29, 1.82) is 0 Å². The summed E-state index contributed by atoms with van der Waals surface area (Å²) >= 11 is 0. The number of carbonyl (C=O) groups excluding carboxylic acids is 1. The molecule has 3 N–H and O–H groups in total. The molecule has 0 aromatic heterocycles. The molecule has 2 atom stereocenters. The molecule has 0 unspecified atom stereocenters. The van der Waals surface area contributed by atoms with Gasteiger partial charge in [0.15, 0.2) is 17.2 Å². The molecule has 0 saturated heterocycles. The summed E-state index contributed by atoms with van der Waals surface area (Å²) in [6, 6.07) is 11.6. The van der Waals surface area contributed by atoms with Crippen LogP contribution < -0.4 is 15.4 Å². The van der Waals surface area contributed by atoms with E-state index in [-0.39, 0.29) is 16.9 Å². The summed E-state index contributed by atoms with van der Waals surface area (Å²) in [6.07, 6.45) is -5.89. The second kappa shape index (κ2) is 8.16. The van der Waals surface area contributed by atoms with Crippen molar-refractivity contribution in [2.24, 2.45) is 0 Å². The maximum absolute atomic E-state index is 14.5. The Morgan fingerprint density at radius 2 is 1.76 bits per heavy atom. The number of hydrogen-bond donors (Lipinski definition) is 3. The summed E-state index contributed by atoms with van der Waals surface area (Å²) in [5.74, 6) is -0.960. The highest BCUT2D eigenvalue weighted by molar-refractivity contribution is 6.01. The largest absolute Gasteiger partial charge is 0.493 e. The standard InChI is InChI=1S/C25H24F4N2O3/c1-23(2)13-24(33,25(27,28)29)21(16-11-12-17(26)20(34-3)19(16)23)31-22(32)30-18-10-6-8-14-7-4-5-9-15(14)18/h4-12,21,33H,13H2,1-3H3,(H2,30,31,32)/t21-,24-/m0/s1. The van der Waals surface area contributed by atoms with Gasteiger partial charge in [0.2, 0.25) is 0 Å². The Morgan fingerprint density at radius 1 is 1.09 bits per heavy atom. The highest BCUT2D eigenvalue weighted by Crippen LogP contribution is 2.55. The number of nitrogens with one attached hydrogen (secondary N) is 2. The van der Waals surface area contributed by atoms with Crippen LogP contribution in [0.15, 0.2) is 54.6 Å². The molecule has 2 amide bonds. The number of hydrogen-bond acceptors (Lipinski definition) is 3. The van der Waals surface area contributed by atoms with Gasteiger partial charge < -0.3 is 20.5 Å². The number of alkyl halides is 3. The quantitative estimate of drug-likeness (QED) is 0.417. The van der Waals surface area contributed by atoms with E-state index in [1.807, 2.05) is 18.2 Å². The van der Waals surface area contributed by atoms with E-state index in [9.17, 15) is 27.5 Å². The third-order valence-electron chi connectivity index (χ3n) is 6.33. The molecule has 0 fully saturated rings. The lowest BCUT2D eigenvalue weighted by Crippen LogP contribution is -2.61. The number of halogens is 4. The van der Waals surface area contributed by atoms with Crippen LogP contribution in [0.1, 0.15) is 37.4 Å². The fourth-order valence-corrected chi connectivity index (χ4v) is 4.92. The van der Waals surface area contributed by atoms with Crippen molar-refractivity contribution in [1.82, 2.24) is 5.32 Å². The van der Waals surface area contributed by atoms with Gasteiger partial charge in [0.25, 0.3) is 0 Å². The van der Waals surface area contributed by atoms with Crippen molar-refractivity contribution in [3.8, 4) is 5.75 Å². The van der Waals surface area contributed by atoms with Crippen molar-refractivity contribution >= 4 is 22.5 Å². The molecule has 0 heterocycles. The third kappa shape index (κ3) is 3.83. The number of anilines is 1. The molecule has 4 rings (SSSR count). The van der Waals surface area contributed by atoms with Gasteiger partial charge in [-0.25, -0.2) is 9.18 Å². The van der Waals surface area contributed by atoms with Crippen molar-refractivity contribution in [2.75, 3.05) is 12.4 Å². The highest BCUT2D eigenvalue weighted by Gasteiger charge is 2.64. The predicted molar refractivity (Wildman–Crippen MR) is 120 cm³/mol. The summed E-state index contributed by atoms with van der Waals surface area (Å²) in [6.45, 7) is 2.94. The topological polar surface area (TPSA) is 70.6 Å². The van der Waals surface area contributed by atoms with E-state index in [0.717, 1.165) is 17.5 Å². The lowest BCUT2D eigenvalue weighted by Gasteiger charge is -2.48.